The van der Waals surface area contributed by atoms with Gasteiger partial charge in [-0.25, -0.2) is 4.39 Å². The number of hydrogen-bond donors (Lipinski definition) is 0. The van der Waals surface area contributed by atoms with Crippen molar-refractivity contribution in [1.29, 1.82) is 0 Å². The molecule has 0 spiro atoms. The summed E-state index contributed by atoms with van der Waals surface area (Å²) in [6.45, 7) is 0.649. The van der Waals surface area contributed by atoms with Gasteiger partial charge in [-0.1, -0.05) is 0 Å². The number of pyridine rings is 1. The summed E-state index contributed by atoms with van der Waals surface area (Å²) in [4.78, 5) is 11.0. The van der Waals surface area contributed by atoms with E-state index in [4.69, 9.17) is 4.74 Å². The molecule has 4 heteroatoms. The highest BCUT2D eigenvalue weighted by atomic mass is 19.1. The molecule has 1 aromatic heterocycles. The Labute approximate surface area is 103 Å². The molecule has 0 fully saturated rings. The summed E-state index contributed by atoms with van der Waals surface area (Å²) >= 11 is 0. The first-order valence-electron chi connectivity index (χ1n) is 5.82. The maximum absolute atomic E-state index is 13.1. The normalized spacial score (nSPS) is 17.3. The van der Waals surface area contributed by atoms with Crippen LogP contribution in [0.2, 0.25) is 0 Å². The van der Waals surface area contributed by atoms with Crippen LogP contribution in [0, 0.1) is 5.82 Å². The minimum absolute atomic E-state index is 0.00991. The Morgan fingerprint density at radius 1 is 1.28 bits per heavy atom. The van der Waals surface area contributed by atoms with Crippen LogP contribution in [0.4, 0.5) is 4.39 Å². The summed E-state index contributed by atoms with van der Waals surface area (Å²) in [6, 6.07) is 7.61. The number of benzene rings is 1. The minimum atomic E-state index is -0.235. The topological polar surface area (TPSA) is 31.2 Å². The molecule has 3 nitrogen and oxygen atoms in total. The molecule has 0 N–H and O–H groups in total. The van der Waals surface area contributed by atoms with E-state index in [1.54, 1.807) is 18.5 Å². The smallest absolute Gasteiger partial charge is 0.181 e. The van der Waals surface area contributed by atoms with Crippen LogP contribution < -0.4 is 10.2 Å². The van der Waals surface area contributed by atoms with E-state index in [-0.39, 0.29) is 17.3 Å². The van der Waals surface area contributed by atoms with Crippen LogP contribution >= 0.6 is 0 Å². The third-order valence-electron chi connectivity index (χ3n) is 3.04. The maximum Gasteiger partial charge on any atom is 0.181 e. The second-order valence-electron chi connectivity index (χ2n) is 4.43. The fraction of sp³-hybridized carbons (Fsp3) is 0.214. The van der Waals surface area contributed by atoms with E-state index in [9.17, 15) is 9.18 Å². The molecule has 2 heterocycles. The van der Waals surface area contributed by atoms with E-state index in [2.05, 4.69) is 0 Å². The molecule has 0 amide bonds. The number of nitrogens with zero attached hydrogens (tertiary/aromatic N) is 1. The average Bonchev–Trinajstić information content (AvgIpc) is 2.73. The summed E-state index contributed by atoms with van der Waals surface area (Å²) in [5, 5.41) is 0. The van der Waals surface area contributed by atoms with Gasteiger partial charge in [0.05, 0.1) is 6.54 Å². The van der Waals surface area contributed by atoms with Crippen molar-refractivity contribution >= 4 is 0 Å². The van der Waals surface area contributed by atoms with Crippen LogP contribution in [0.15, 0.2) is 47.5 Å². The molecule has 1 atom stereocenters. The van der Waals surface area contributed by atoms with Gasteiger partial charge in [0.25, 0.3) is 0 Å². The average molecular weight is 245 g/mol. The van der Waals surface area contributed by atoms with Crippen molar-refractivity contribution < 1.29 is 9.13 Å². The lowest BCUT2D eigenvalue weighted by Gasteiger charge is -2.12. The lowest BCUT2D eigenvalue weighted by Crippen LogP contribution is -2.21. The lowest BCUT2D eigenvalue weighted by atomic mass is 10.1. The van der Waals surface area contributed by atoms with Crippen LogP contribution in [-0.2, 0) is 13.0 Å². The minimum Gasteiger partial charge on any atom is -0.488 e. The van der Waals surface area contributed by atoms with Gasteiger partial charge in [0.1, 0.15) is 17.7 Å². The SMILES string of the molecule is O=c1ccn(CC2Cc3cc(F)ccc3O2)cc1. The fourth-order valence-corrected chi connectivity index (χ4v) is 2.19. The Kier molecular flexibility index (Phi) is 2.63. The summed E-state index contributed by atoms with van der Waals surface area (Å²) in [5.74, 6) is 0.517. The van der Waals surface area contributed by atoms with Crippen molar-refractivity contribution in [2.75, 3.05) is 0 Å². The molecule has 92 valence electrons. The first-order chi connectivity index (χ1) is 8.70. The molecule has 1 aromatic carbocycles. The molecule has 1 aliphatic rings. The summed E-state index contributed by atoms with van der Waals surface area (Å²) in [5.41, 5.74) is 0.894. The second kappa shape index (κ2) is 4.29. The second-order valence-corrected chi connectivity index (χ2v) is 4.43. The molecule has 3 rings (SSSR count). The van der Waals surface area contributed by atoms with Gasteiger partial charge >= 0.3 is 0 Å². The quantitative estimate of drug-likeness (QED) is 0.810. The van der Waals surface area contributed by atoms with Crippen LogP contribution in [0.3, 0.4) is 0 Å². The first kappa shape index (κ1) is 11.0. The summed E-state index contributed by atoms with van der Waals surface area (Å²) in [6.07, 6.45) is 4.15. The number of fused-ring (bicyclic) bond motifs is 1. The standard InChI is InChI=1S/C14H12FNO2/c15-11-1-2-14-10(7-11)8-13(18-14)9-16-5-3-12(17)4-6-16/h1-7,13H,8-9H2. The lowest BCUT2D eigenvalue weighted by molar-refractivity contribution is 0.209. The highest BCUT2D eigenvalue weighted by Gasteiger charge is 2.23. The molecule has 2 aromatic rings. The van der Waals surface area contributed by atoms with Crippen molar-refractivity contribution in [2.24, 2.45) is 0 Å². The molecule has 0 aliphatic carbocycles. The largest absolute Gasteiger partial charge is 0.488 e. The highest BCUT2D eigenvalue weighted by Crippen LogP contribution is 2.29. The maximum atomic E-state index is 13.1. The molecule has 0 radical (unpaired) electrons. The van der Waals surface area contributed by atoms with E-state index >= 15 is 0 Å². The number of hydrogen-bond acceptors (Lipinski definition) is 2. The number of aromatic nitrogens is 1. The Morgan fingerprint density at radius 2 is 2.06 bits per heavy atom. The van der Waals surface area contributed by atoms with Gasteiger partial charge in [0.2, 0.25) is 0 Å². The molecule has 1 aliphatic heterocycles. The van der Waals surface area contributed by atoms with Gasteiger partial charge in [0, 0.05) is 36.5 Å². The predicted octanol–water partition coefficient (Wildman–Crippen LogP) is 1.99. The van der Waals surface area contributed by atoms with Crippen molar-refractivity contribution in [3.8, 4) is 5.75 Å². The zero-order chi connectivity index (χ0) is 12.5. The van der Waals surface area contributed by atoms with Gasteiger partial charge in [-0.15, -0.1) is 0 Å². The third-order valence-corrected chi connectivity index (χ3v) is 3.04. The zero-order valence-electron chi connectivity index (χ0n) is 9.67. The van der Waals surface area contributed by atoms with Gasteiger partial charge < -0.3 is 9.30 Å². The molecular weight excluding hydrogens is 233 g/mol. The Bertz CT molecular complexity index is 615. The van der Waals surface area contributed by atoms with Crippen LogP contribution in [0.25, 0.3) is 0 Å². The Balaban J connectivity index is 1.74. The van der Waals surface area contributed by atoms with Crippen molar-refractivity contribution in [3.63, 3.8) is 0 Å². The molecule has 0 bridgehead atoms. The van der Waals surface area contributed by atoms with E-state index in [1.165, 1.54) is 24.3 Å². The van der Waals surface area contributed by atoms with Crippen LogP contribution in [0.1, 0.15) is 5.56 Å². The molecule has 0 saturated heterocycles. The summed E-state index contributed by atoms with van der Waals surface area (Å²) < 4.78 is 20.7. The van der Waals surface area contributed by atoms with E-state index in [0.29, 0.717) is 13.0 Å². The fourth-order valence-electron chi connectivity index (χ4n) is 2.19. The molecular formula is C14H12FNO2. The van der Waals surface area contributed by atoms with Gasteiger partial charge in [0.15, 0.2) is 5.43 Å². The van der Waals surface area contributed by atoms with Crippen LogP contribution in [-0.4, -0.2) is 10.7 Å². The Hall–Kier alpha value is -2.10. The Morgan fingerprint density at radius 3 is 2.83 bits per heavy atom. The monoisotopic (exact) mass is 245 g/mol. The number of halogens is 1. The molecule has 18 heavy (non-hydrogen) atoms. The zero-order valence-corrected chi connectivity index (χ0v) is 9.67. The van der Waals surface area contributed by atoms with Crippen molar-refractivity contribution in [1.82, 2.24) is 4.57 Å². The molecule has 1 unspecified atom stereocenters. The summed E-state index contributed by atoms with van der Waals surface area (Å²) in [7, 11) is 0. The van der Waals surface area contributed by atoms with E-state index < -0.39 is 0 Å². The van der Waals surface area contributed by atoms with Gasteiger partial charge in [-0.2, -0.15) is 0 Å². The van der Waals surface area contributed by atoms with Crippen LogP contribution in [0.5, 0.6) is 5.75 Å². The van der Waals surface area contributed by atoms with Crippen molar-refractivity contribution in [2.45, 2.75) is 19.1 Å². The van der Waals surface area contributed by atoms with Crippen molar-refractivity contribution in [3.05, 3.63) is 64.3 Å². The highest BCUT2D eigenvalue weighted by molar-refractivity contribution is 5.37. The molecule has 0 saturated carbocycles. The van der Waals surface area contributed by atoms with E-state index in [1.807, 2.05) is 4.57 Å². The third kappa shape index (κ3) is 2.14. The van der Waals surface area contributed by atoms with E-state index in [0.717, 1.165) is 11.3 Å². The predicted molar refractivity (Wildman–Crippen MR) is 65.2 cm³/mol. The van der Waals surface area contributed by atoms with Gasteiger partial charge in [-0.05, 0) is 18.2 Å². The first-order valence-corrected chi connectivity index (χ1v) is 5.82. The number of ether oxygens (including phenoxy) is 1. The van der Waals surface area contributed by atoms with Gasteiger partial charge in [-0.3, -0.25) is 4.79 Å². The number of rotatable bonds is 2.